The fourth-order valence-electron chi connectivity index (χ4n) is 5.52. The van der Waals surface area contributed by atoms with Gasteiger partial charge in [0.05, 0.1) is 12.1 Å². The number of aromatic nitrogens is 1. The average Bonchev–Trinajstić information content (AvgIpc) is 3.23. The summed E-state index contributed by atoms with van der Waals surface area (Å²) in [4.78, 5) is 31.9. The van der Waals surface area contributed by atoms with E-state index >= 15 is 0 Å². The van der Waals surface area contributed by atoms with Gasteiger partial charge in [-0.3, -0.25) is 24.4 Å². The Labute approximate surface area is 243 Å². The number of likely N-dealkylation sites (tertiary alicyclic amines) is 1. The third-order valence-corrected chi connectivity index (χ3v) is 9.02. The second kappa shape index (κ2) is 9.98. The molecule has 0 spiro atoms. The number of benzene rings is 1. The second-order valence-corrected chi connectivity index (χ2v) is 13.9. The van der Waals surface area contributed by atoms with Crippen LogP contribution in [0.5, 0.6) is 0 Å². The lowest BCUT2D eigenvalue weighted by molar-refractivity contribution is -0.133. The molecule has 2 aromatic rings. The number of halogens is 7. The normalized spacial score (nSPS) is 25.5. The predicted octanol–water partition coefficient (Wildman–Crippen LogP) is 5.99. The highest BCUT2D eigenvalue weighted by Gasteiger charge is 2.65. The van der Waals surface area contributed by atoms with Gasteiger partial charge in [0.25, 0.3) is 11.8 Å². The number of nitrogens with zero attached hydrogens (tertiary/aromatic N) is 4. The third-order valence-electron chi connectivity index (χ3n) is 7.86. The van der Waals surface area contributed by atoms with Crippen molar-refractivity contribution in [2.75, 3.05) is 11.4 Å². The van der Waals surface area contributed by atoms with Gasteiger partial charge in [0.1, 0.15) is 10.9 Å². The van der Waals surface area contributed by atoms with E-state index in [0.29, 0.717) is 12.1 Å². The number of alkyl halides is 2. The van der Waals surface area contributed by atoms with Crippen LogP contribution in [0.4, 0.5) is 33.9 Å². The number of amides is 2. The van der Waals surface area contributed by atoms with E-state index in [1.54, 1.807) is 6.19 Å². The van der Waals surface area contributed by atoms with Crippen molar-refractivity contribution in [1.82, 2.24) is 15.2 Å². The van der Waals surface area contributed by atoms with Crippen LogP contribution >= 0.6 is 10.2 Å². The van der Waals surface area contributed by atoms with Gasteiger partial charge in [-0.25, -0.2) is 8.78 Å². The summed E-state index contributed by atoms with van der Waals surface area (Å²) in [7, 11) is -10.1. The van der Waals surface area contributed by atoms with Crippen molar-refractivity contribution in [2.45, 2.75) is 80.0 Å². The van der Waals surface area contributed by atoms with Gasteiger partial charge in [0.15, 0.2) is 11.7 Å². The van der Waals surface area contributed by atoms with Crippen LogP contribution in [0.1, 0.15) is 51.5 Å². The molecule has 1 aromatic heterocycles. The number of aliphatic hydroxyl groups is 1. The Balaban J connectivity index is 1.87. The molecule has 1 aliphatic carbocycles. The number of nitriles is 1. The van der Waals surface area contributed by atoms with Gasteiger partial charge in [-0.15, -0.1) is 0 Å². The minimum Gasteiger partial charge on any atom is -0.388 e. The molecule has 8 nitrogen and oxygen atoms in total. The molecule has 1 aromatic carbocycles. The molecule has 1 saturated carbocycles. The molecule has 0 bridgehead atoms. The standard InChI is InChI=1S/C27H30F7N5O3S/c1-25(42)14-22(38(16-25)17-35)23(40)39(20-5-7-21(8-6-20)43(30,31,32,33)34)26(2,18-4-3-13-36-15-18)24(41)37-19-9-11-27(28,29)12-10-19/h3-8,13,15,19,22,42H,9-12,14,16H2,1-2H3,(H,37,41)/t22-,25-,26?/m1/s1. The molecule has 2 heterocycles. The summed E-state index contributed by atoms with van der Waals surface area (Å²) in [5.41, 5.74) is -4.03. The summed E-state index contributed by atoms with van der Waals surface area (Å²) in [5, 5.41) is 23.0. The summed E-state index contributed by atoms with van der Waals surface area (Å²) in [5.74, 6) is -4.83. The molecule has 236 valence electrons. The zero-order chi connectivity index (χ0) is 32.1. The third kappa shape index (κ3) is 6.82. The second-order valence-electron chi connectivity index (χ2n) is 11.5. The summed E-state index contributed by atoms with van der Waals surface area (Å²) in [6, 6.07) is 2.09. The molecule has 4 rings (SSSR count). The van der Waals surface area contributed by atoms with E-state index in [4.69, 9.17) is 0 Å². The molecular formula is C27H30F7N5O3S. The van der Waals surface area contributed by atoms with Crippen molar-refractivity contribution in [3.63, 3.8) is 0 Å². The van der Waals surface area contributed by atoms with Gasteiger partial charge in [0, 0.05) is 48.9 Å². The van der Waals surface area contributed by atoms with Gasteiger partial charge in [-0.1, -0.05) is 25.5 Å². The van der Waals surface area contributed by atoms with Crippen LogP contribution in [-0.4, -0.2) is 57.0 Å². The molecule has 0 radical (unpaired) electrons. The number of carbonyl (C=O) groups is 2. The van der Waals surface area contributed by atoms with Gasteiger partial charge in [-0.05, 0) is 57.0 Å². The molecule has 16 heteroatoms. The zero-order valence-electron chi connectivity index (χ0n) is 23.1. The monoisotopic (exact) mass is 637 g/mol. The molecule has 2 aliphatic rings. The highest BCUT2D eigenvalue weighted by Crippen LogP contribution is 3.02. The molecule has 2 fully saturated rings. The van der Waals surface area contributed by atoms with Crippen LogP contribution in [0.3, 0.4) is 0 Å². The van der Waals surface area contributed by atoms with Gasteiger partial charge >= 0.3 is 10.2 Å². The first-order valence-electron chi connectivity index (χ1n) is 13.2. The van der Waals surface area contributed by atoms with Crippen molar-refractivity contribution >= 4 is 27.7 Å². The maximum absolute atomic E-state index is 14.3. The number of hydrogen-bond acceptors (Lipinski definition) is 6. The number of β-amino-alcohol motifs (C(OH)–C–C–N with tert-alkyl or cyclic N) is 1. The van der Waals surface area contributed by atoms with Crippen LogP contribution in [0, 0.1) is 11.5 Å². The van der Waals surface area contributed by atoms with E-state index in [0.717, 1.165) is 9.80 Å². The fourth-order valence-corrected chi connectivity index (χ4v) is 6.17. The first kappa shape index (κ1) is 32.3. The van der Waals surface area contributed by atoms with Gasteiger partial charge in [0.2, 0.25) is 5.92 Å². The molecule has 1 saturated heterocycles. The van der Waals surface area contributed by atoms with Crippen molar-refractivity contribution in [3.8, 4) is 6.19 Å². The average molecular weight is 638 g/mol. The highest BCUT2D eigenvalue weighted by atomic mass is 32.5. The van der Waals surface area contributed by atoms with Crippen molar-refractivity contribution in [2.24, 2.45) is 0 Å². The van der Waals surface area contributed by atoms with Crippen LogP contribution in [-0.2, 0) is 15.1 Å². The molecule has 2 N–H and O–H groups in total. The number of hydrogen-bond donors (Lipinski definition) is 2. The maximum Gasteiger partial charge on any atom is 0.310 e. The lowest BCUT2D eigenvalue weighted by Gasteiger charge is -2.44. The molecule has 3 atom stereocenters. The van der Waals surface area contributed by atoms with E-state index in [2.05, 4.69) is 10.3 Å². The minimum atomic E-state index is -10.1. The lowest BCUT2D eigenvalue weighted by Crippen LogP contribution is -2.61. The lowest BCUT2D eigenvalue weighted by atomic mass is 9.86. The number of rotatable bonds is 7. The Morgan fingerprint density at radius 1 is 1.14 bits per heavy atom. The zero-order valence-corrected chi connectivity index (χ0v) is 23.9. The Morgan fingerprint density at radius 2 is 1.74 bits per heavy atom. The topological polar surface area (TPSA) is 110 Å². The van der Waals surface area contributed by atoms with Crippen molar-refractivity contribution in [3.05, 3.63) is 54.4 Å². The molecule has 43 heavy (non-hydrogen) atoms. The summed E-state index contributed by atoms with van der Waals surface area (Å²) < 4.78 is 95.2. The molecule has 2 amide bonds. The van der Waals surface area contributed by atoms with E-state index < -0.39 is 74.6 Å². The molecule has 1 unspecified atom stereocenters. The predicted molar refractivity (Wildman–Crippen MR) is 144 cm³/mol. The Bertz CT molecular complexity index is 1430. The van der Waals surface area contributed by atoms with Crippen LogP contribution < -0.4 is 10.2 Å². The SMILES string of the molecule is CC(C(=O)NC1CCC(F)(F)CC1)(c1cccnc1)N(C(=O)[C@H]1C[C@@](C)(O)CN1C#N)c1ccc(S(F)(F)(F)(F)F)cc1. The van der Waals surface area contributed by atoms with Crippen molar-refractivity contribution < 1.29 is 42.9 Å². The first-order valence-corrected chi connectivity index (χ1v) is 15.2. The van der Waals surface area contributed by atoms with E-state index in [1.807, 2.05) is 0 Å². The quantitative estimate of drug-likeness (QED) is 0.285. The summed E-state index contributed by atoms with van der Waals surface area (Å²) in [6.45, 7) is 2.34. The van der Waals surface area contributed by atoms with Crippen molar-refractivity contribution in [1.29, 1.82) is 5.26 Å². The number of anilines is 1. The van der Waals surface area contributed by atoms with Crippen LogP contribution in [0.25, 0.3) is 0 Å². The summed E-state index contributed by atoms with van der Waals surface area (Å²) in [6.07, 6.45) is 2.85. The fraction of sp³-hybridized carbons (Fsp3) is 0.481. The largest absolute Gasteiger partial charge is 0.388 e. The van der Waals surface area contributed by atoms with Gasteiger partial charge in [-0.2, -0.15) is 5.26 Å². The molecule has 1 aliphatic heterocycles. The minimum absolute atomic E-state index is 0.0482. The number of carbonyl (C=O) groups excluding carboxylic acids is 2. The molecular weight excluding hydrogens is 607 g/mol. The Hall–Kier alpha value is -3.58. The summed E-state index contributed by atoms with van der Waals surface area (Å²) >= 11 is 0. The van der Waals surface area contributed by atoms with Crippen LogP contribution in [0.15, 0.2) is 53.7 Å². The first-order chi connectivity index (χ1) is 19.6. The number of nitrogens with one attached hydrogen (secondary N) is 1. The van der Waals surface area contributed by atoms with E-state index in [9.17, 15) is 48.2 Å². The van der Waals surface area contributed by atoms with E-state index in [-0.39, 0.29) is 43.5 Å². The highest BCUT2D eigenvalue weighted by molar-refractivity contribution is 8.45. The number of pyridine rings is 1. The Kier molecular flexibility index (Phi) is 7.51. The maximum atomic E-state index is 14.3. The van der Waals surface area contributed by atoms with E-state index in [1.165, 1.54) is 38.4 Å². The smallest absolute Gasteiger partial charge is 0.310 e. The van der Waals surface area contributed by atoms with Gasteiger partial charge < -0.3 is 10.4 Å². The Morgan fingerprint density at radius 3 is 2.26 bits per heavy atom. The van der Waals surface area contributed by atoms with Crippen LogP contribution in [0.2, 0.25) is 0 Å².